The van der Waals surface area contributed by atoms with Gasteiger partial charge >= 0.3 is 0 Å². The Labute approximate surface area is 200 Å². The number of pyridine rings is 1. The summed E-state index contributed by atoms with van der Waals surface area (Å²) in [7, 11) is 0. The van der Waals surface area contributed by atoms with Gasteiger partial charge in [0, 0.05) is 24.2 Å². The molecule has 1 aliphatic heterocycles. The lowest BCUT2D eigenvalue weighted by Gasteiger charge is -2.25. The molecule has 3 aromatic heterocycles. The van der Waals surface area contributed by atoms with E-state index in [2.05, 4.69) is 9.97 Å². The molecule has 1 atom stereocenters. The second-order valence-electron chi connectivity index (χ2n) is 8.22. The molecule has 4 heterocycles. The van der Waals surface area contributed by atoms with Crippen molar-refractivity contribution in [2.75, 3.05) is 6.54 Å². The first-order valence-electron chi connectivity index (χ1n) is 11.0. The van der Waals surface area contributed by atoms with E-state index in [1.807, 2.05) is 41.5 Å². The molecule has 0 bridgehead atoms. The SMILES string of the molecule is Cc1nc2ccccn2c1/C(O)=C1\C(=O)C(=O)N(CCC[n+]2cc[nH]c2)C1c1ccc(Cl)cc1. The molecular formula is C25H23ClN5O3+. The molecule has 0 spiro atoms. The van der Waals surface area contributed by atoms with Crippen molar-refractivity contribution in [1.82, 2.24) is 19.3 Å². The number of aromatic amines is 1. The van der Waals surface area contributed by atoms with Crippen LogP contribution >= 0.6 is 11.6 Å². The molecule has 4 aromatic rings. The first kappa shape index (κ1) is 21.9. The number of ketones is 1. The number of hydrogen-bond acceptors (Lipinski definition) is 4. The Hall–Kier alpha value is -3.91. The van der Waals surface area contributed by atoms with Gasteiger partial charge in [-0.05, 0) is 36.8 Å². The van der Waals surface area contributed by atoms with E-state index in [0.29, 0.717) is 47.1 Å². The third-order valence-corrected chi connectivity index (χ3v) is 6.32. The number of hydrogen-bond donors (Lipinski definition) is 2. The lowest BCUT2D eigenvalue weighted by Crippen LogP contribution is -2.36. The maximum absolute atomic E-state index is 13.3. The first-order chi connectivity index (χ1) is 16.5. The number of benzene rings is 1. The summed E-state index contributed by atoms with van der Waals surface area (Å²) in [5.41, 5.74) is 2.35. The van der Waals surface area contributed by atoms with Crippen LogP contribution in [0.1, 0.15) is 29.4 Å². The maximum atomic E-state index is 13.3. The fourth-order valence-electron chi connectivity index (χ4n) is 4.51. The van der Waals surface area contributed by atoms with Crippen LogP contribution < -0.4 is 4.57 Å². The summed E-state index contributed by atoms with van der Waals surface area (Å²) in [5, 5.41) is 12.0. The number of aliphatic hydroxyl groups excluding tert-OH is 1. The van der Waals surface area contributed by atoms with Crippen LogP contribution in [0, 0.1) is 6.92 Å². The number of H-pyrrole nitrogens is 1. The molecular weight excluding hydrogens is 454 g/mol. The number of nitrogens with one attached hydrogen (secondary N) is 1. The van der Waals surface area contributed by atoms with Crippen molar-refractivity contribution in [2.45, 2.75) is 25.9 Å². The second kappa shape index (κ2) is 8.79. The van der Waals surface area contributed by atoms with Crippen LogP contribution in [0.5, 0.6) is 0 Å². The zero-order valence-corrected chi connectivity index (χ0v) is 19.2. The molecule has 1 amide bonds. The van der Waals surface area contributed by atoms with E-state index >= 15 is 0 Å². The number of imidazole rings is 2. The molecule has 0 radical (unpaired) electrons. The van der Waals surface area contributed by atoms with Gasteiger partial charge in [-0.2, -0.15) is 0 Å². The van der Waals surface area contributed by atoms with E-state index in [1.165, 1.54) is 4.90 Å². The minimum Gasteiger partial charge on any atom is -0.505 e. The minimum atomic E-state index is -0.734. The summed E-state index contributed by atoms with van der Waals surface area (Å²) in [5.74, 6) is -1.58. The van der Waals surface area contributed by atoms with Gasteiger partial charge in [-0.25, -0.2) is 9.55 Å². The smallest absolute Gasteiger partial charge is 0.295 e. The molecule has 1 aliphatic rings. The van der Waals surface area contributed by atoms with Crippen molar-refractivity contribution in [3.05, 3.63) is 94.9 Å². The summed E-state index contributed by atoms with van der Waals surface area (Å²) < 4.78 is 3.69. The zero-order valence-electron chi connectivity index (χ0n) is 18.5. The third kappa shape index (κ3) is 3.76. The molecule has 34 heavy (non-hydrogen) atoms. The lowest BCUT2D eigenvalue weighted by molar-refractivity contribution is -0.695. The number of carbonyl (C=O) groups excluding carboxylic acids is 2. The predicted octanol–water partition coefficient (Wildman–Crippen LogP) is 3.42. The van der Waals surface area contributed by atoms with Gasteiger partial charge in [0.1, 0.15) is 23.7 Å². The number of fused-ring (bicyclic) bond motifs is 1. The van der Waals surface area contributed by atoms with Gasteiger partial charge in [0.25, 0.3) is 11.7 Å². The monoisotopic (exact) mass is 476 g/mol. The average Bonchev–Trinajstić information content (AvgIpc) is 3.52. The fraction of sp³-hybridized carbons (Fsp3) is 0.200. The number of aryl methyl sites for hydroxylation is 2. The Bertz CT molecular complexity index is 1410. The molecule has 8 nitrogen and oxygen atoms in total. The lowest BCUT2D eigenvalue weighted by atomic mass is 9.96. The average molecular weight is 477 g/mol. The van der Waals surface area contributed by atoms with Gasteiger partial charge in [-0.1, -0.05) is 29.8 Å². The summed E-state index contributed by atoms with van der Waals surface area (Å²) in [4.78, 5) is 35.4. The summed E-state index contributed by atoms with van der Waals surface area (Å²) in [6, 6.07) is 11.7. The number of Topliss-reactive ketones (excluding diaryl/α,β-unsaturated/α-hetero) is 1. The first-order valence-corrected chi connectivity index (χ1v) is 11.3. The Kier molecular flexibility index (Phi) is 5.67. The quantitative estimate of drug-likeness (QED) is 0.193. The molecule has 5 rings (SSSR count). The molecule has 0 saturated carbocycles. The summed E-state index contributed by atoms with van der Waals surface area (Å²) >= 11 is 6.09. The number of amides is 1. The van der Waals surface area contributed by atoms with Crippen molar-refractivity contribution in [2.24, 2.45) is 0 Å². The Morgan fingerprint density at radius 3 is 2.74 bits per heavy atom. The fourth-order valence-corrected chi connectivity index (χ4v) is 4.64. The maximum Gasteiger partial charge on any atom is 0.295 e. The van der Waals surface area contributed by atoms with Crippen molar-refractivity contribution in [3.63, 3.8) is 0 Å². The Balaban J connectivity index is 1.60. The van der Waals surface area contributed by atoms with E-state index in [1.54, 1.807) is 41.8 Å². The van der Waals surface area contributed by atoms with E-state index in [-0.39, 0.29) is 11.3 Å². The van der Waals surface area contributed by atoms with Crippen molar-refractivity contribution in [1.29, 1.82) is 0 Å². The Morgan fingerprint density at radius 2 is 2.00 bits per heavy atom. The molecule has 1 saturated heterocycles. The van der Waals surface area contributed by atoms with Gasteiger partial charge in [-0.15, -0.1) is 0 Å². The topological polar surface area (TPSA) is 94.6 Å². The number of likely N-dealkylation sites (tertiary alicyclic amines) is 1. The largest absolute Gasteiger partial charge is 0.505 e. The van der Waals surface area contributed by atoms with Crippen LogP contribution in [0.15, 0.2) is 73.0 Å². The Morgan fingerprint density at radius 1 is 1.21 bits per heavy atom. The zero-order chi connectivity index (χ0) is 23.8. The highest BCUT2D eigenvalue weighted by molar-refractivity contribution is 6.46. The van der Waals surface area contributed by atoms with Crippen LogP contribution in [0.25, 0.3) is 11.4 Å². The van der Waals surface area contributed by atoms with Gasteiger partial charge in [0.2, 0.25) is 6.33 Å². The summed E-state index contributed by atoms with van der Waals surface area (Å²) in [6.45, 7) is 2.79. The molecule has 1 unspecified atom stereocenters. The number of aromatic nitrogens is 4. The van der Waals surface area contributed by atoms with E-state index in [0.717, 1.165) is 0 Å². The number of nitrogens with zero attached hydrogens (tertiary/aromatic N) is 4. The highest BCUT2D eigenvalue weighted by Gasteiger charge is 2.46. The third-order valence-electron chi connectivity index (χ3n) is 6.07. The minimum absolute atomic E-state index is 0.0513. The highest BCUT2D eigenvalue weighted by atomic mass is 35.5. The number of halogens is 1. The number of rotatable bonds is 6. The predicted molar refractivity (Wildman–Crippen MR) is 126 cm³/mol. The molecule has 1 aromatic carbocycles. The van der Waals surface area contributed by atoms with Gasteiger partial charge in [0.05, 0.1) is 23.9 Å². The van der Waals surface area contributed by atoms with Crippen molar-refractivity contribution >= 4 is 34.7 Å². The molecule has 172 valence electrons. The standard InChI is InChI=1S/C25H22ClN5O3/c1-16-21(30-12-3-2-5-19(30)28-16)23(32)20-22(17-6-8-18(26)9-7-17)31(25(34)24(20)33)13-4-11-29-14-10-27-15-29/h2-3,5-10,12,14-15,22H,4,11,13H2,1H3,(H,32,33)/p+1. The molecule has 1 fully saturated rings. The summed E-state index contributed by atoms with van der Waals surface area (Å²) in [6.07, 6.45) is 7.95. The van der Waals surface area contributed by atoms with Gasteiger partial charge in [0.15, 0.2) is 5.76 Å². The van der Waals surface area contributed by atoms with Gasteiger partial charge < -0.3 is 10.0 Å². The second-order valence-corrected chi connectivity index (χ2v) is 8.66. The molecule has 9 heteroatoms. The van der Waals surface area contributed by atoms with Crippen LogP contribution in [-0.4, -0.2) is 42.6 Å². The van der Waals surface area contributed by atoms with Crippen LogP contribution in [0.3, 0.4) is 0 Å². The van der Waals surface area contributed by atoms with Crippen LogP contribution in [0.4, 0.5) is 0 Å². The van der Waals surface area contributed by atoms with E-state index in [4.69, 9.17) is 11.6 Å². The van der Waals surface area contributed by atoms with Crippen LogP contribution in [-0.2, 0) is 16.1 Å². The molecule has 2 N–H and O–H groups in total. The van der Waals surface area contributed by atoms with Crippen molar-refractivity contribution in [3.8, 4) is 0 Å². The van der Waals surface area contributed by atoms with Crippen LogP contribution in [0.2, 0.25) is 5.02 Å². The van der Waals surface area contributed by atoms with E-state index in [9.17, 15) is 14.7 Å². The van der Waals surface area contributed by atoms with E-state index < -0.39 is 17.7 Å². The normalized spacial score (nSPS) is 17.7. The highest BCUT2D eigenvalue weighted by Crippen LogP contribution is 2.40. The number of carbonyl (C=O) groups is 2. The number of aliphatic hydroxyl groups is 1. The van der Waals surface area contributed by atoms with Crippen molar-refractivity contribution < 1.29 is 19.3 Å². The molecule has 0 aliphatic carbocycles. The van der Waals surface area contributed by atoms with Gasteiger partial charge in [-0.3, -0.25) is 19.0 Å².